The average Bonchev–Trinajstić information content (AvgIpc) is 3.06. The highest BCUT2D eigenvalue weighted by atomic mass is 32.1. The highest BCUT2D eigenvalue weighted by Gasteiger charge is 2.05. The maximum absolute atomic E-state index is 8.95. The van der Waals surface area contributed by atoms with E-state index in [-0.39, 0.29) is 0 Å². The number of likely N-dealkylation sites (N-methyl/N-ethyl adjacent to an activating group) is 1. The number of hydrogen-bond acceptors (Lipinski definition) is 5. The Labute approximate surface area is 146 Å². The molecule has 0 atom stereocenters. The minimum Gasteiger partial charge on any atom is -0.311 e. The summed E-state index contributed by atoms with van der Waals surface area (Å²) in [7, 11) is 4.16. The summed E-state index contributed by atoms with van der Waals surface area (Å²) in [5.41, 5.74) is 2.69. The predicted octanol–water partition coefficient (Wildman–Crippen LogP) is 3.49. The first-order valence-electron chi connectivity index (χ1n) is 7.90. The zero-order chi connectivity index (χ0) is 16.9. The Balaban J connectivity index is 1.73. The predicted molar refractivity (Wildman–Crippen MR) is 100 cm³/mol. The van der Waals surface area contributed by atoms with Gasteiger partial charge in [-0.1, -0.05) is 12.1 Å². The summed E-state index contributed by atoms with van der Waals surface area (Å²) < 4.78 is 0. The second-order valence-electron chi connectivity index (χ2n) is 5.99. The van der Waals surface area contributed by atoms with Crippen molar-refractivity contribution in [1.29, 1.82) is 5.26 Å². The lowest BCUT2D eigenvalue weighted by atomic mass is 10.1. The summed E-state index contributed by atoms with van der Waals surface area (Å²) in [6.45, 7) is 2.93. The number of benzene rings is 1. The zero-order valence-electron chi connectivity index (χ0n) is 13.9. The standard InChI is InChI=1S/C19H20N4S/c1-23(2)8-7-21-13-17-5-6-19(24-17)16-4-3-15-9-14(11-20)12-22-18(15)10-16/h3-6,9-10,12,21H,7-8,13H2,1-2H3. The quantitative estimate of drug-likeness (QED) is 0.700. The number of nitriles is 1. The van der Waals surface area contributed by atoms with Crippen LogP contribution in [0.15, 0.2) is 42.6 Å². The summed E-state index contributed by atoms with van der Waals surface area (Å²) >= 11 is 1.80. The number of nitrogens with one attached hydrogen (secondary N) is 1. The molecule has 3 rings (SSSR count). The van der Waals surface area contributed by atoms with Gasteiger partial charge in [-0.15, -0.1) is 11.3 Å². The van der Waals surface area contributed by atoms with E-state index in [0.29, 0.717) is 5.56 Å². The van der Waals surface area contributed by atoms with Crippen LogP contribution in [0.1, 0.15) is 10.4 Å². The second-order valence-corrected chi connectivity index (χ2v) is 7.16. The van der Waals surface area contributed by atoms with E-state index in [9.17, 15) is 0 Å². The van der Waals surface area contributed by atoms with Crippen LogP contribution in [0.25, 0.3) is 21.3 Å². The molecule has 0 amide bonds. The third-order valence-electron chi connectivity index (χ3n) is 3.79. The molecule has 0 aliphatic carbocycles. The van der Waals surface area contributed by atoms with Gasteiger partial charge >= 0.3 is 0 Å². The Hall–Kier alpha value is -2.26. The highest BCUT2D eigenvalue weighted by molar-refractivity contribution is 7.15. The topological polar surface area (TPSA) is 52.0 Å². The molecule has 24 heavy (non-hydrogen) atoms. The van der Waals surface area contributed by atoms with E-state index < -0.39 is 0 Å². The number of pyridine rings is 1. The van der Waals surface area contributed by atoms with Crippen LogP contribution in [-0.2, 0) is 6.54 Å². The summed E-state index contributed by atoms with van der Waals surface area (Å²) in [6.07, 6.45) is 1.63. The van der Waals surface area contributed by atoms with Crippen molar-refractivity contribution in [2.75, 3.05) is 27.2 Å². The molecule has 2 heterocycles. The van der Waals surface area contributed by atoms with Crippen molar-refractivity contribution >= 4 is 22.2 Å². The van der Waals surface area contributed by atoms with Crippen LogP contribution in [0.4, 0.5) is 0 Å². The Kier molecular flexibility index (Phi) is 5.21. The minimum atomic E-state index is 0.595. The molecule has 0 bridgehead atoms. The fourth-order valence-electron chi connectivity index (χ4n) is 2.48. The lowest BCUT2D eigenvalue weighted by molar-refractivity contribution is 0.400. The van der Waals surface area contributed by atoms with Crippen molar-refractivity contribution in [3.8, 4) is 16.5 Å². The van der Waals surface area contributed by atoms with Gasteiger partial charge in [0.1, 0.15) is 6.07 Å². The van der Waals surface area contributed by atoms with Crippen LogP contribution in [-0.4, -0.2) is 37.1 Å². The van der Waals surface area contributed by atoms with Gasteiger partial charge < -0.3 is 10.2 Å². The first-order valence-corrected chi connectivity index (χ1v) is 8.72. The van der Waals surface area contributed by atoms with E-state index in [4.69, 9.17) is 5.26 Å². The molecule has 0 radical (unpaired) electrons. The van der Waals surface area contributed by atoms with Gasteiger partial charge in [-0.25, -0.2) is 0 Å². The molecular formula is C19H20N4S. The van der Waals surface area contributed by atoms with E-state index in [1.165, 1.54) is 15.3 Å². The van der Waals surface area contributed by atoms with Gasteiger partial charge in [-0.05, 0) is 43.9 Å². The number of fused-ring (bicyclic) bond motifs is 1. The van der Waals surface area contributed by atoms with Crippen molar-refractivity contribution < 1.29 is 0 Å². The third kappa shape index (κ3) is 3.98. The lowest BCUT2D eigenvalue weighted by Crippen LogP contribution is -2.25. The molecule has 2 aromatic heterocycles. The van der Waals surface area contributed by atoms with Crippen molar-refractivity contribution in [2.45, 2.75) is 6.54 Å². The maximum atomic E-state index is 8.95. The monoisotopic (exact) mass is 336 g/mol. The van der Waals surface area contributed by atoms with Gasteiger partial charge in [0.05, 0.1) is 11.1 Å². The van der Waals surface area contributed by atoms with E-state index in [1.54, 1.807) is 17.5 Å². The lowest BCUT2D eigenvalue weighted by Gasteiger charge is -2.09. The Morgan fingerprint density at radius 3 is 2.88 bits per heavy atom. The first-order chi connectivity index (χ1) is 11.7. The number of hydrogen-bond donors (Lipinski definition) is 1. The molecule has 122 valence electrons. The van der Waals surface area contributed by atoms with Crippen LogP contribution in [0, 0.1) is 11.3 Å². The van der Waals surface area contributed by atoms with Crippen molar-refractivity contribution in [1.82, 2.24) is 15.2 Å². The van der Waals surface area contributed by atoms with Gasteiger partial charge in [-0.2, -0.15) is 5.26 Å². The third-order valence-corrected chi connectivity index (χ3v) is 4.93. The first kappa shape index (κ1) is 16.6. The number of thiophene rings is 1. The fourth-order valence-corrected chi connectivity index (χ4v) is 3.45. The number of aromatic nitrogens is 1. The number of rotatable bonds is 6. The average molecular weight is 336 g/mol. The largest absolute Gasteiger partial charge is 0.311 e. The van der Waals surface area contributed by atoms with Gasteiger partial charge in [-0.3, -0.25) is 4.98 Å². The zero-order valence-corrected chi connectivity index (χ0v) is 14.7. The van der Waals surface area contributed by atoms with Crippen LogP contribution >= 0.6 is 11.3 Å². The second kappa shape index (κ2) is 7.54. The molecule has 3 aromatic rings. The SMILES string of the molecule is CN(C)CCNCc1ccc(-c2ccc3cc(C#N)cnc3c2)s1. The van der Waals surface area contributed by atoms with E-state index in [1.807, 2.05) is 12.1 Å². The normalized spacial score (nSPS) is 11.1. The summed E-state index contributed by atoms with van der Waals surface area (Å²) in [5, 5.41) is 13.4. The molecule has 0 fully saturated rings. The molecular weight excluding hydrogens is 316 g/mol. The number of nitrogens with zero attached hydrogens (tertiary/aromatic N) is 3. The molecule has 0 saturated heterocycles. The molecule has 4 nitrogen and oxygen atoms in total. The van der Waals surface area contributed by atoms with Gasteiger partial charge in [0.2, 0.25) is 0 Å². The molecule has 0 saturated carbocycles. The molecule has 0 aliphatic rings. The summed E-state index contributed by atoms with van der Waals surface area (Å²) in [5.74, 6) is 0. The van der Waals surface area contributed by atoms with E-state index in [2.05, 4.69) is 59.6 Å². The van der Waals surface area contributed by atoms with E-state index in [0.717, 1.165) is 30.5 Å². The summed E-state index contributed by atoms with van der Waals surface area (Å²) in [4.78, 5) is 9.13. The van der Waals surface area contributed by atoms with Crippen molar-refractivity contribution in [3.63, 3.8) is 0 Å². The van der Waals surface area contributed by atoms with Crippen LogP contribution in [0.2, 0.25) is 0 Å². The smallest absolute Gasteiger partial charge is 0.101 e. The molecule has 1 N–H and O–H groups in total. The Bertz CT molecular complexity index is 876. The maximum Gasteiger partial charge on any atom is 0.101 e. The van der Waals surface area contributed by atoms with E-state index >= 15 is 0 Å². The van der Waals surface area contributed by atoms with Crippen LogP contribution < -0.4 is 5.32 Å². The highest BCUT2D eigenvalue weighted by Crippen LogP contribution is 2.30. The minimum absolute atomic E-state index is 0.595. The Morgan fingerprint density at radius 2 is 2.08 bits per heavy atom. The fraction of sp³-hybridized carbons (Fsp3) is 0.263. The molecule has 1 aromatic carbocycles. The molecule has 5 heteroatoms. The van der Waals surface area contributed by atoms with Crippen molar-refractivity contribution in [3.05, 3.63) is 53.0 Å². The van der Waals surface area contributed by atoms with Crippen LogP contribution in [0.5, 0.6) is 0 Å². The molecule has 0 spiro atoms. The van der Waals surface area contributed by atoms with Crippen LogP contribution in [0.3, 0.4) is 0 Å². The molecule has 0 aliphatic heterocycles. The Morgan fingerprint density at radius 1 is 1.21 bits per heavy atom. The van der Waals surface area contributed by atoms with Gasteiger partial charge in [0, 0.05) is 41.0 Å². The van der Waals surface area contributed by atoms with Gasteiger partial charge in [0.15, 0.2) is 0 Å². The molecule has 0 unspecified atom stereocenters. The van der Waals surface area contributed by atoms with Gasteiger partial charge in [0.25, 0.3) is 0 Å². The summed E-state index contributed by atoms with van der Waals surface area (Å²) in [6, 6.07) is 14.6. The van der Waals surface area contributed by atoms with Crippen molar-refractivity contribution in [2.24, 2.45) is 0 Å².